The Labute approximate surface area is 203 Å². The molecule has 2 heterocycles. The molecule has 1 saturated heterocycles. The van der Waals surface area contributed by atoms with E-state index in [0.717, 1.165) is 6.07 Å². The lowest BCUT2D eigenvalue weighted by Crippen LogP contribution is -2.60. The van der Waals surface area contributed by atoms with Crippen LogP contribution in [0.4, 0.5) is 0 Å². The molecule has 1 aliphatic rings. The fraction of sp³-hybridized carbons (Fsp3) is 0.333. The molecule has 0 amide bonds. The Kier molecular flexibility index (Phi) is 7.04. The number of hydrogen-bond donors (Lipinski definition) is 5. The normalized spacial score (nSPS) is 23.9. The van der Waals surface area contributed by atoms with Crippen LogP contribution in [0.5, 0.6) is 23.0 Å². The van der Waals surface area contributed by atoms with Crippen LogP contribution in [-0.4, -0.2) is 75.9 Å². The van der Waals surface area contributed by atoms with E-state index >= 15 is 0 Å². The minimum Gasteiger partial charge on any atom is -0.508 e. The molecule has 12 heteroatoms. The Balaban J connectivity index is 1.62. The molecule has 192 valence electrons. The van der Waals surface area contributed by atoms with E-state index < -0.39 is 47.9 Å². The maximum Gasteiger partial charge on any atom is 0.302 e. The van der Waals surface area contributed by atoms with E-state index in [4.69, 9.17) is 23.4 Å². The Morgan fingerprint density at radius 2 is 1.75 bits per heavy atom. The maximum absolute atomic E-state index is 12.5. The Hall–Kier alpha value is -3.84. The van der Waals surface area contributed by atoms with Crippen molar-refractivity contribution in [1.82, 2.24) is 0 Å². The van der Waals surface area contributed by atoms with Gasteiger partial charge >= 0.3 is 5.97 Å². The highest BCUT2D eigenvalue weighted by molar-refractivity contribution is 5.86. The van der Waals surface area contributed by atoms with Gasteiger partial charge in [0.25, 0.3) is 0 Å². The van der Waals surface area contributed by atoms with Crippen LogP contribution in [0.15, 0.2) is 45.6 Å². The van der Waals surface area contributed by atoms with Crippen molar-refractivity contribution < 1.29 is 53.7 Å². The fourth-order valence-corrected chi connectivity index (χ4v) is 3.79. The quantitative estimate of drug-likeness (QED) is 0.295. The average Bonchev–Trinajstić information content (AvgIpc) is 2.82. The van der Waals surface area contributed by atoms with Crippen molar-refractivity contribution in [1.29, 1.82) is 0 Å². The van der Waals surface area contributed by atoms with E-state index in [-0.39, 0.29) is 40.6 Å². The zero-order valence-electron chi connectivity index (χ0n) is 19.2. The molecule has 5 N–H and O–H groups in total. The number of esters is 1. The van der Waals surface area contributed by atoms with E-state index in [1.54, 1.807) is 0 Å². The van der Waals surface area contributed by atoms with Crippen LogP contribution in [0, 0.1) is 0 Å². The second-order valence-corrected chi connectivity index (χ2v) is 8.11. The largest absolute Gasteiger partial charge is 0.508 e. The lowest BCUT2D eigenvalue weighted by Gasteiger charge is -2.40. The number of carbonyl (C=O) groups excluding carboxylic acids is 1. The summed E-state index contributed by atoms with van der Waals surface area (Å²) in [5, 5.41) is 50.3. The number of ether oxygens (including phenoxy) is 4. The zero-order chi connectivity index (χ0) is 26.1. The number of phenolic OH excluding ortho intramolecular Hbond substituents is 2. The molecular formula is C24H24O12. The second-order valence-electron chi connectivity index (χ2n) is 8.11. The Morgan fingerprint density at radius 1 is 1.00 bits per heavy atom. The summed E-state index contributed by atoms with van der Waals surface area (Å²) in [5.41, 5.74) is -0.179. The number of methoxy groups -OCH3 is 1. The molecule has 2 aromatic carbocycles. The smallest absolute Gasteiger partial charge is 0.302 e. The van der Waals surface area contributed by atoms with E-state index in [2.05, 4.69) is 0 Å². The summed E-state index contributed by atoms with van der Waals surface area (Å²) < 4.78 is 27.1. The first-order valence-corrected chi connectivity index (χ1v) is 10.8. The van der Waals surface area contributed by atoms with Crippen molar-refractivity contribution in [2.75, 3.05) is 13.7 Å². The summed E-state index contributed by atoms with van der Waals surface area (Å²) in [7, 11) is 1.35. The van der Waals surface area contributed by atoms with E-state index in [1.165, 1.54) is 44.4 Å². The van der Waals surface area contributed by atoms with Crippen LogP contribution in [0.1, 0.15) is 6.92 Å². The van der Waals surface area contributed by atoms with E-state index in [1.807, 2.05) is 0 Å². The molecule has 0 unspecified atom stereocenters. The van der Waals surface area contributed by atoms with Crippen molar-refractivity contribution >= 4 is 16.9 Å². The first-order valence-electron chi connectivity index (χ1n) is 10.8. The third kappa shape index (κ3) is 4.93. The van der Waals surface area contributed by atoms with Crippen LogP contribution in [0.2, 0.25) is 0 Å². The number of hydrogen-bond acceptors (Lipinski definition) is 12. The highest BCUT2D eigenvalue weighted by atomic mass is 16.7. The maximum atomic E-state index is 12.5. The molecule has 5 atom stereocenters. The summed E-state index contributed by atoms with van der Waals surface area (Å²) in [6, 6.07) is 7.82. The first-order chi connectivity index (χ1) is 17.1. The summed E-state index contributed by atoms with van der Waals surface area (Å²) in [6.45, 7) is 0.798. The molecule has 1 fully saturated rings. The highest BCUT2D eigenvalue weighted by Gasteiger charge is 2.45. The van der Waals surface area contributed by atoms with Gasteiger partial charge in [-0.25, -0.2) is 0 Å². The lowest BCUT2D eigenvalue weighted by molar-refractivity contribution is -0.278. The van der Waals surface area contributed by atoms with Crippen molar-refractivity contribution in [3.05, 3.63) is 46.6 Å². The van der Waals surface area contributed by atoms with Crippen molar-refractivity contribution in [3.63, 3.8) is 0 Å². The molecular weight excluding hydrogens is 480 g/mol. The van der Waals surface area contributed by atoms with Gasteiger partial charge in [-0.1, -0.05) is 0 Å². The summed E-state index contributed by atoms with van der Waals surface area (Å²) in [5.74, 6) is -0.993. The standard InChI is InChI=1S/C24H24O12/c1-10(25)33-9-19-21(29)22(30)23(31)24(36-19)35-15-4-3-11(5-17(15)32-2)16-8-14(28)20-13(27)6-12(26)7-18(20)34-16/h3-8,19,21-24,26-27,29-31H,9H2,1-2H3/t19-,21-,22+,23-,24-/m1/s1. The number of benzene rings is 2. The molecule has 1 aromatic heterocycles. The molecule has 0 bridgehead atoms. The van der Waals surface area contributed by atoms with E-state index in [0.29, 0.717) is 5.56 Å². The van der Waals surface area contributed by atoms with Gasteiger partial charge in [0.15, 0.2) is 16.9 Å². The lowest BCUT2D eigenvalue weighted by atomic mass is 9.99. The minimum atomic E-state index is -1.64. The molecule has 1 aliphatic heterocycles. The highest BCUT2D eigenvalue weighted by Crippen LogP contribution is 2.36. The third-order valence-electron chi connectivity index (χ3n) is 5.61. The molecule has 36 heavy (non-hydrogen) atoms. The Bertz CT molecular complexity index is 1330. The molecule has 0 radical (unpaired) electrons. The van der Waals surface area contributed by atoms with Crippen molar-refractivity contribution in [2.45, 2.75) is 37.6 Å². The SMILES string of the molecule is COc1cc(-c2cc(=O)c3c(O)cc(O)cc3o2)ccc1O[C@@H]1O[C@H](COC(C)=O)[C@@H](O)[C@H](O)[C@H]1O. The molecule has 0 aliphatic carbocycles. The fourth-order valence-electron chi connectivity index (χ4n) is 3.79. The van der Waals surface area contributed by atoms with Gasteiger partial charge in [-0.2, -0.15) is 0 Å². The molecule has 0 spiro atoms. The topological polar surface area (TPSA) is 185 Å². The number of phenols is 2. The third-order valence-corrected chi connectivity index (χ3v) is 5.61. The molecule has 4 rings (SSSR count). The predicted octanol–water partition coefficient (Wildman–Crippen LogP) is 0.629. The van der Waals surface area contributed by atoms with Crippen LogP contribution in [0.3, 0.4) is 0 Å². The zero-order valence-corrected chi connectivity index (χ0v) is 19.2. The number of fused-ring (bicyclic) bond motifs is 1. The average molecular weight is 504 g/mol. The summed E-state index contributed by atoms with van der Waals surface area (Å²) >= 11 is 0. The van der Waals surface area contributed by atoms with Gasteiger partial charge < -0.3 is 48.9 Å². The monoisotopic (exact) mass is 504 g/mol. The molecule has 3 aromatic rings. The van der Waals surface area contributed by atoms with Gasteiger partial charge in [0, 0.05) is 30.7 Å². The number of aliphatic hydroxyl groups is 3. The molecule has 0 saturated carbocycles. The van der Waals surface area contributed by atoms with Crippen LogP contribution >= 0.6 is 0 Å². The van der Waals surface area contributed by atoms with Crippen molar-refractivity contribution in [2.24, 2.45) is 0 Å². The Morgan fingerprint density at radius 3 is 2.44 bits per heavy atom. The minimum absolute atomic E-state index is 0.0283. The van der Waals surface area contributed by atoms with Gasteiger partial charge in [0.1, 0.15) is 59.3 Å². The number of carbonyl (C=O) groups is 1. The number of aliphatic hydroxyl groups excluding tert-OH is 3. The van der Waals surface area contributed by atoms with Crippen LogP contribution < -0.4 is 14.9 Å². The summed E-state index contributed by atoms with van der Waals surface area (Å²) in [4.78, 5) is 23.6. The van der Waals surface area contributed by atoms with Crippen LogP contribution in [-0.2, 0) is 14.3 Å². The number of rotatable bonds is 6. The first kappa shape index (κ1) is 25.3. The number of aromatic hydroxyl groups is 2. The van der Waals surface area contributed by atoms with Crippen molar-refractivity contribution in [3.8, 4) is 34.3 Å². The van der Waals surface area contributed by atoms with Gasteiger partial charge in [0.2, 0.25) is 6.29 Å². The van der Waals surface area contributed by atoms with Gasteiger partial charge in [-0.3, -0.25) is 9.59 Å². The van der Waals surface area contributed by atoms with Gasteiger partial charge in [0.05, 0.1) is 7.11 Å². The van der Waals surface area contributed by atoms with Gasteiger partial charge in [-0.15, -0.1) is 0 Å². The summed E-state index contributed by atoms with van der Waals surface area (Å²) in [6.07, 6.45) is -7.43. The predicted molar refractivity (Wildman–Crippen MR) is 122 cm³/mol. The van der Waals surface area contributed by atoms with Crippen LogP contribution in [0.25, 0.3) is 22.3 Å². The second kappa shape index (κ2) is 10.0. The van der Waals surface area contributed by atoms with E-state index in [9.17, 15) is 35.1 Å². The molecule has 12 nitrogen and oxygen atoms in total. The van der Waals surface area contributed by atoms with Gasteiger partial charge in [-0.05, 0) is 18.2 Å².